The lowest BCUT2D eigenvalue weighted by atomic mass is 9.86. The number of hydrogen-bond donors (Lipinski definition) is 2. The fourth-order valence-corrected chi connectivity index (χ4v) is 4.39. The molecule has 3 aromatic rings. The zero-order valence-corrected chi connectivity index (χ0v) is 19.7. The number of aromatic nitrogens is 1. The van der Waals surface area contributed by atoms with E-state index < -0.39 is 24.0 Å². The van der Waals surface area contributed by atoms with Gasteiger partial charge in [0.1, 0.15) is 0 Å². The summed E-state index contributed by atoms with van der Waals surface area (Å²) < 4.78 is 5.42. The van der Waals surface area contributed by atoms with Gasteiger partial charge in [-0.25, -0.2) is 14.6 Å². The summed E-state index contributed by atoms with van der Waals surface area (Å²) in [6.45, 7) is 1.37. The molecule has 0 saturated heterocycles. The Hall–Kier alpha value is -3.42. The van der Waals surface area contributed by atoms with Gasteiger partial charge in [0, 0.05) is 5.39 Å². The van der Waals surface area contributed by atoms with Crippen molar-refractivity contribution in [3.63, 3.8) is 0 Å². The fourth-order valence-electron chi connectivity index (χ4n) is 4.02. The highest BCUT2D eigenvalue weighted by atomic mass is 35.5. The van der Waals surface area contributed by atoms with Gasteiger partial charge in [-0.2, -0.15) is 0 Å². The largest absolute Gasteiger partial charge is 0.449 e. The molecule has 34 heavy (non-hydrogen) atoms. The van der Waals surface area contributed by atoms with E-state index in [1.54, 1.807) is 12.1 Å². The molecule has 3 N–H and O–H groups in total. The molecule has 9 heteroatoms. The highest BCUT2D eigenvalue weighted by Crippen LogP contribution is 2.38. The molecule has 0 spiro atoms. The highest BCUT2D eigenvalue weighted by molar-refractivity contribution is 6.43. The zero-order valence-electron chi connectivity index (χ0n) is 18.2. The topological polar surface area (TPSA) is 111 Å². The number of carbonyl (C=O) groups is 3. The summed E-state index contributed by atoms with van der Waals surface area (Å²) in [4.78, 5) is 41.2. The van der Waals surface area contributed by atoms with Crippen LogP contribution in [0.2, 0.25) is 10.0 Å². The van der Waals surface area contributed by atoms with Crippen molar-refractivity contribution in [3.8, 4) is 0 Å². The number of rotatable bonds is 4. The molecule has 174 valence electrons. The Morgan fingerprint density at radius 1 is 1.12 bits per heavy atom. The van der Waals surface area contributed by atoms with E-state index in [1.165, 1.54) is 6.92 Å². The van der Waals surface area contributed by atoms with Crippen LogP contribution in [0.5, 0.6) is 0 Å². The maximum absolute atomic E-state index is 13.3. The first kappa shape index (κ1) is 23.7. The number of benzene rings is 2. The molecule has 0 saturated carbocycles. The molecule has 1 aromatic heterocycles. The van der Waals surface area contributed by atoms with Crippen molar-refractivity contribution in [1.29, 1.82) is 0 Å². The van der Waals surface area contributed by atoms with E-state index in [4.69, 9.17) is 38.7 Å². The zero-order chi connectivity index (χ0) is 24.4. The van der Waals surface area contributed by atoms with Gasteiger partial charge in [-0.15, -0.1) is 0 Å². The molecule has 0 unspecified atom stereocenters. The minimum Gasteiger partial charge on any atom is -0.449 e. The van der Waals surface area contributed by atoms with Crippen LogP contribution < -0.4 is 11.1 Å². The molecular formula is C25H21Cl2N3O4. The smallest absolute Gasteiger partial charge is 0.339 e. The van der Waals surface area contributed by atoms with Crippen LogP contribution in [0.4, 0.5) is 4.79 Å². The number of imide groups is 1. The van der Waals surface area contributed by atoms with Crippen molar-refractivity contribution >= 4 is 63.7 Å². The van der Waals surface area contributed by atoms with E-state index in [9.17, 15) is 14.4 Å². The molecular weight excluding hydrogens is 477 g/mol. The number of amides is 3. The van der Waals surface area contributed by atoms with Crippen LogP contribution >= 0.6 is 23.2 Å². The number of nitrogens with zero attached hydrogens (tertiary/aromatic N) is 1. The number of hydrogen-bond acceptors (Lipinski definition) is 5. The molecule has 2 aromatic carbocycles. The Labute approximate surface area is 205 Å². The second kappa shape index (κ2) is 9.83. The maximum atomic E-state index is 13.3. The number of fused-ring (bicyclic) bond motifs is 2. The second-order valence-electron chi connectivity index (χ2n) is 7.90. The molecule has 7 nitrogen and oxygen atoms in total. The monoisotopic (exact) mass is 497 g/mol. The van der Waals surface area contributed by atoms with Crippen molar-refractivity contribution in [2.24, 2.45) is 5.73 Å². The summed E-state index contributed by atoms with van der Waals surface area (Å²) in [6, 6.07) is 11.6. The van der Waals surface area contributed by atoms with Crippen molar-refractivity contribution in [3.05, 3.63) is 74.9 Å². The number of carbonyl (C=O) groups excluding carboxylic acids is 3. The lowest BCUT2D eigenvalue weighted by molar-refractivity contribution is -0.127. The maximum Gasteiger partial charge on any atom is 0.339 e. The van der Waals surface area contributed by atoms with Gasteiger partial charge in [-0.05, 0) is 61.1 Å². The first-order valence-corrected chi connectivity index (χ1v) is 11.4. The number of primary amides is 1. The van der Waals surface area contributed by atoms with Crippen LogP contribution in [-0.2, 0) is 16.0 Å². The lowest BCUT2D eigenvalue weighted by Crippen LogP contribution is -2.42. The van der Waals surface area contributed by atoms with Crippen molar-refractivity contribution < 1.29 is 19.1 Å². The summed E-state index contributed by atoms with van der Waals surface area (Å²) in [5, 5.41) is 3.44. The molecule has 0 bridgehead atoms. The third kappa shape index (κ3) is 4.76. The first-order chi connectivity index (χ1) is 16.3. The van der Waals surface area contributed by atoms with Crippen LogP contribution in [0.25, 0.3) is 22.6 Å². The van der Waals surface area contributed by atoms with E-state index >= 15 is 0 Å². The molecule has 3 amide bonds. The number of nitrogens with two attached hydrogens (primary N) is 1. The average molecular weight is 498 g/mol. The number of urea groups is 1. The summed E-state index contributed by atoms with van der Waals surface area (Å²) in [7, 11) is 0. The first-order valence-electron chi connectivity index (χ1n) is 10.6. The summed E-state index contributed by atoms with van der Waals surface area (Å²) >= 11 is 12.6. The van der Waals surface area contributed by atoms with Crippen LogP contribution in [0.3, 0.4) is 0 Å². The summed E-state index contributed by atoms with van der Waals surface area (Å²) in [5.74, 6) is -1.48. The van der Waals surface area contributed by atoms with Crippen LogP contribution in [0.15, 0.2) is 42.5 Å². The molecule has 4 rings (SSSR count). The van der Waals surface area contributed by atoms with Gasteiger partial charge in [-0.1, -0.05) is 53.5 Å². The van der Waals surface area contributed by atoms with Crippen LogP contribution in [0, 0.1) is 0 Å². The number of pyridine rings is 1. The van der Waals surface area contributed by atoms with Crippen molar-refractivity contribution in [2.45, 2.75) is 32.3 Å². The number of allylic oxidation sites excluding steroid dienone is 1. The number of ether oxygens (including phenoxy) is 1. The predicted molar refractivity (Wildman–Crippen MR) is 132 cm³/mol. The van der Waals surface area contributed by atoms with Gasteiger partial charge < -0.3 is 10.5 Å². The highest BCUT2D eigenvalue weighted by Gasteiger charge is 2.28. The number of para-hydroxylation sites is 1. The van der Waals surface area contributed by atoms with E-state index in [-0.39, 0.29) is 0 Å². The van der Waals surface area contributed by atoms with Crippen molar-refractivity contribution in [2.75, 3.05) is 0 Å². The molecule has 0 aliphatic heterocycles. The fraction of sp³-hybridized carbons (Fsp3) is 0.200. The average Bonchev–Trinajstić information content (AvgIpc) is 2.80. The quantitative estimate of drug-likeness (QED) is 0.483. The van der Waals surface area contributed by atoms with Crippen molar-refractivity contribution in [1.82, 2.24) is 10.3 Å². The van der Waals surface area contributed by atoms with Crippen LogP contribution in [0.1, 0.15) is 46.9 Å². The summed E-state index contributed by atoms with van der Waals surface area (Å²) in [5.41, 5.74) is 9.06. The Bertz CT molecular complexity index is 1350. The Kier molecular flexibility index (Phi) is 6.86. The van der Waals surface area contributed by atoms with E-state index in [1.807, 2.05) is 41.7 Å². The third-order valence-corrected chi connectivity index (χ3v) is 6.42. The Balaban J connectivity index is 1.82. The van der Waals surface area contributed by atoms with Gasteiger partial charge in [0.15, 0.2) is 6.10 Å². The molecule has 0 fully saturated rings. The molecule has 1 aliphatic carbocycles. The Morgan fingerprint density at radius 2 is 1.88 bits per heavy atom. The number of halogens is 2. The van der Waals surface area contributed by atoms with E-state index in [0.717, 1.165) is 29.5 Å². The number of esters is 1. The van der Waals surface area contributed by atoms with Crippen LogP contribution in [-0.4, -0.2) is 29.0 Å². The minimum absolute atomic E-state index is 0.349. The lowest BCUT2D eigenvalue weighted by Gasteiger charge is -2.23. The van der Waals surface area contributed by atoms with Gasteiger partial charge in [0.2, 0.25) is 0 Å². The minimum atomic E-state index is -1.22. The standard InChI is InChI=1S/C25H21Cl2N3O4/c1-13(23(31)30-25(28)33)34-24(32)20-16-8-2-3-11-19(16)29-22-15(7-4-9-17(20)22)12-14-6-5-10-18(26)21(14)27/h2-3,5-6,8,10-13H,4,7,9H2,1H3,(H3,28,30,31,33)/b15-12-/t13-/m1/s1. The predicted octanol–water partition coefficient (Wildman–Crippen LogP) is 5.16. The van der Waals surface area contributed by atoms with E-state index in [2.05, 4.69) is 0 Å². The molecule has 1 heterocycles. The van der Waals surface area contributed by atoms with E-state index in [0.29, 0.717) is 38.6 Å². The normalized spacial score (nSPS) is 15.0. The second-order valence-corrected chi connectivity index (χ2v) is 8.68. The van der Waals surface area contributed by atoms with Gasteiger partial charge >= 0.3 is 12.0 Å². The Morgan fingerprint density at radius 3 is 2.65 bits per heavy atom. The SMILES string of the molecule is C[C@@H](OC(=O)c1c2c(nc3ccccc13)/C(=C\c1cccc(Cl)c1Cl)CCC2)C(=O)NC(N)=O. The molecule has 1 atom stereocenters. The van der Waals surface area contributed by atoms with Gasteiger partial charge in [0.05, 0.1) is 26.8 Å². The summed E-state index contributed by atoms with van der Waals surface area (Å²) in [6.07, 6.45) is 2.86. The molecule has 0 radical (unpaired) electrons. The van der Waals surface area contributed by atoms with Gasteiger partial charge in [-0.3, -0.25) is 10.1 Å². The third-order valence-electron chi connectivity index (χ3n) is 5.59. The van der Waals surface area contributed by atoms with Gasteiger partial charge in [0.25, 0.3) is 5.91 Å². The number of nitrogens with one attached hydrogen (secondary N) is 1. The molecule has 1 aliphatic rings.